The fourth-order valence-corrected chi connectivity index (χ4v) is 0.376. The molecule has 0 atom stereocenters. The van der Waals surface area contributed by atoms with Gasteiger partial charge in [0.1, 0.15) is 0 Å². The zero-order valence-corrected chi connectivity index (χ0v) is 3.49. The van der Waals surface area contributed by atoms with Gasteiger partial charge in [0.15, 0.2) is 0 Å². The van der Waals surface area contributed by atoms with Crippen molar-refractivity contribution in [2.45, 2.75) is 0 Å². The summed E-state index contributed by atoms with van der Waals surface area (Å²) in [5.41, 5.74) is 0. The molecular weight excluding hydrogens is 98.1 g/mol. The molecule has 0 N–H and O–H groups in total. The molecule has 0 heterocycles. The summed E-state index contributed by atoms with van der Waals surface area (Å²) in [6, 6.07) is 3.48. The summed E-state index contributed by atoms with van der Waals surface area (Å²) in [5.74, 6) is -1.56. The minimum atomic E-state index is -0.778. The Morgan fingerprint density at radius 1 is 1.57 bits per heavy atom. The standard InChI is InChI=1S/C5H3F2/c6-4-2-1-3-5(4)7/h1-3H/q-1. The van der Waals surface area contributed by atoms with Gasteiger partial charge in [0.2, 0.25) is 0 Å². The summed E-state index contributed by atoms with van der Waals surface area (Å²) < 4.78 is 23.4. The third-order valence-corrected chi connectivity index (χ3v) is 0.713. The first-order chi connectivity index (χ1) is 3.30. The topological polar surface area (TPSA) is 0 Å². The van der Waals surface area contributed by atoms with Crippen molar-refractivity contribution in [2.75, 3.05) is 0 Å². The van der Waals surface area contributed by atoms with E-state index in [2.05, 4.69) is 0 Å². The molecule has 0 radical (unpaired) electrons. The number of rotatable bonds is 0. The second-order valence-electron chi connectivity index (χ2n) is 1.22. The average molecular weight is 101 g/mol. The molecule has 1 aromatic rings. The van der Waals surface area contributed by atoms with Gasteiger partial charge < -0.3 is 0 Å². The highest BCUT2D eigenvalue weighted by Gasteiger charge is 1.84. The minimum Gasteiger partial charge on any atom is -0.281 e. The smallest absolute Gasteiger partial charge is 0.0419 e. The van der Waals surface area contributed by atoms with Gasteiger partial charge in [-0.15, -0.1) is 6.07 Å². The van der Waals surface area contributed by atoms with E-state index in [-0.39, 0.29) is 0 Å². The highest BCUT2D eigenvalue weighted by molar-refractivity contribution is 5.06. The molecule has 0 aliphatic rings. The predicted octanol–water partition coefficient (Wildman–Crippen LogP) is 1.68. The molecule has 0 aromatic heterocycles. The average Bonchev–Trinajstić information content (AvgIpc) is 1.91. The maximum atomic E-state index is 11.7. The van der Waals surface area contributed by atoms with Gasteiger partial charge in [-0.25, -0.2) is 10.5 Å². The molecule has 1 rings (SSSR count). The van der Waals surface area contributed by atoms with Crippen LogP contribution >= 0.6 is 0 Å². The van der Waals surface area contributed by atoms with E-state index in [0.29, 0.717) is 0 Å². The zero-order chi connectivity index (χ0) is 5.28. The maximum Gasteiger partial charge on any atom is 0.0419 e. The largest absolute Gasteiger partial charge is 0.281 e. The Kier molecular flexibility index (Phi) is 0.855. The Morgan fingerprint density at radius 2 is 2.29 bits per heavy atom. The van der Waals surface area contributed by atoms with Crippen LogP contribution in [0.5, 0.6) is 0 Å². The van der Waals surface area contributed by atoms with Gasteiger partial charge in [0, 0.05) is 11.6 Å². The van der Waals surface area contributed by atoms with Crippen LogP contribution in [-0.2, 0) is 0 Å². The van der Waals surface area contributed by atoms with Gasteiger partial charge >= 0.3 is 0 Å². The normalized spacial score (nSPS) is 9.43. The van der Waals surface area contributed by atoms with Gasteiger partial charge in [-0.05, 0) is 0 Å². The van der Waals surface area contributed by atoms with Crippen molar-refractivity contribution in [1.29, 1.82) is 0 Å². The van der Waals surface area contributed by atoms with Crippen LogP contribution in [0, 0.1) is 11.6 Å². The first-order valence-corrected chi connectivity index (χ1v) is 1.87. The van der Waals surface area contributed by atoms with Crippen molar-refractivity contribution in [3.05, 3.63) is 29.8 Å². The highest BCUT2D eigenvalue weighted by Crippen LogP contribution is 2.03. The van der Waals surface area contributed by atoms with E-state index < -0.39 is 11.6 Å². The molecular formula is C5H3F2-. The van der Waals surface area contributed by atoms with Crippen LogP contribution in [0.4, 0.5) is 8.78 Å². The summed E-state index contributed by atoms with van der Waals surface area (Å²) in [6.07, 6.45) is 0. The second kappa shape index (κ2) is 1.37. The van der Waals surface area contributed by atoms with Crippen LogP contribution in [0.3, 0.4) is 0 Å². The highest BCUT2D eigenvalue weighted by atomic mass is 19.2. The lowest BCUT2D eigenvalue weighted by Gasteiger charge is -1.82. The number of hydrogen-bond acceptors (Lipinski definition) is 0. The lowest BCUT2D eigenvalue weighted by atomic mass is 10.6. The third-order valence-electron chi connectivity index (χ3n) is 0.713. The summed E-state index contributed by atoms with van der Waals surface area (Å²) in [7, 11) is 0. The van der Waals surface area contributed by atoms with Gasteiger partial charge in [0.05, 0.1) is 0 Å². The molecule has 0 aliphatic carbocycles. The van der Waals surface area contributed by atoms with Gasteiger partial charge in [-0.1, -0.05) is 0 Å². The fourth-order valence-electron chi connectivity index (χ4n) is 0.376. The molecule has 1 aromatic carbocycles. The quantitative estimate of drug-likeness (QED) is 0.436. The van der Waals surface area contributed by atoms with Crippen LogP contribution < -0.4 is 0 Å². The van der Waals surface area contributed by atoms with Gasteiger partial charge in [0.25, 0.3) is 0 Å². The lowest BCUT2D eigenvalue weighted by Crippen LogP contribution is -1.66. The van der Waals surface area contributed by atoms with Gasteiger partial charge in [-0.2, -0.15) is 6.07 Å². The third kappa shape index (κ3) is 0.633. The number of halogens is 2. The van der Waals surface area contributed by atoms with E-state index in [1.54, 1.807) is 0 Å². The molecule has 0 unspecified atom stereocenters. The Bertz CT molecular complexity index is 138. The first-order valence-electron chi connectivity index (χ1n) is 1.87. The Morgan fingerprint density at radius 3 is 2.43 bits per heavy atom. The van der Waals surface area contributed by atoms with Crippen molar-refractivity contribution >= 4 is 0 Å². The minimum absolute atomic E-state index is 0.778. The molecule has 2 heteroatoms. The van der Waals surface area contributed by atoms with Crippen molar-refractivity contribution in [1.82, 2.24) is 0 Å². The van der Waals surface area contributed by atoms with Gasteiger partial charge in [-0.3, -0.25) is 4.39 Å². The molecule has 0 saturated heterocycles. The second-order valence-corrected chi connectivity index (χ2v) is 1.22. The zero-order valence-electron chi connectivity index (χ0n) is 3.49. The van der Waals surface area contributed by atoms with E-state index in [1.165, 1.54) is 6.07 Å². The monoisotopic (exact) mass is 101 g/mol. The van der Waals surface area contributed by atoms with Crippen LogP contribution in [-0.4, -0.2) is 0 Å². The number of hydrogen-bond donors (Lipinski definition) is 0. The Labute approximate surface area is 39.8 Å². The molecule has 0 spiro atoms. The van der Waals surface area contributed by atoms with Crippen molar-refractivity contribution < 1.29 is 8.78 Å². The van der Waals surface area contributed by atoms with Crippen molar-refractivity contribution in [2.24, 2.45) is 0 Å². The van der Waals surface area contributed by atoms with Crippen LogP contribution in [0.15, 0.2) is 18.2 Å². The summed E-state index contributed by atoms with van der Waals surface area (Å²) in [4.78, 5) is 0. The fraction of sp³-hybridized carbons (Fsp3) is 0. The van der Waals surface area contributed by atoms with E-state index in [4.69, 9.17) is 0 Å². The van der Waals surface area contributed by atoms with E-state index in [0.717, 1.165) is 12.1 Å². The maximum absolute atomic E-state index is 11.7. The molecule has 0 aliphatic heterocycles. The molecule has 0 bridgehead atoms. The molecule has 0 amide bonds. The predicted molar refractivity (Wildman–Crippen MR) is 22.0 cm³/mol. The van der Waals surface area contributed by atoms with Crippen LogP contribution in [0.2, 0.25) is 0 Å². The molecule has 38 valence electrons. The Hall–Kier alpha value is -0.790. The SMILES string of the molecule is Fc1ccc[c-]1F. The summed E-state index contributed by atoms with van der Waals surface area (Å²) in [5, 5.41) is 0. The van der Waals surface area contributed by atoms with E-state index in [9.17, 15) is 8.78 Å². The molecule has 0 saturated carbocycles. The first kappa shape index (κ1) is 4.37. The molecule has 0 nitrogen and oxygen atoms in total. The lowest BCUT2D eigenvalue weighted by molar-refractivity contribution is 0.516. The van der Waals surface area contributed by atoms with E-state index >= 15 is 0 Å². The molecule has 7 heavy (non-hydrogen) atoms. The van der Waals surface area contributed by atoms with Crippen molar-refractivity contribution in [3.63, 3.8) is 0 Å². The van der Waals surface area contributed by atoms with Crippen LogP contribution in [0.25, 0.3) is 0 Å². The van der Waals surface area contributed by atoms with Crippen LogP contribution in [0.1, 0.15) is 0 Å². The van der Waals surface area contributed by atoms with E-state index in [1.807, 2.05) is 0 Å². The summed E-state index contributed by atoms with van der Waals surface area (Å²) in [6.45, 7) is 0. The van der Waals surface area contributed by atoms with Crippen molar-refractivity contribution in [3.8, 4) is 0 Å². The summed E-state index contributed by atoms with van der Waals surface area (Å²) >= 11 is 0. The Balaban J connectivity index is 3.12. The molecule has 0 fully saturated rings.